The largest absolute Gasteiger partial charge is 0.325 e. The third kappa shape index (κ3) is 5.10. The molecule has 25 heavy (non-hydrogen) atoms. The van der Waals surface area contributed by atoms with Gasteiger partial charge in [-0.15, -0.1) is 0 Å². The molecular weight excluding hydrogens is 342 g/mol. The van der Waals surface area contributed by atoms with E-state index in [2.05, 4.69) is 13.2 Å². The molecule has 0 atom stereocenters. The first-order valence-corrected chi connectivity index (χ1v) is 10.0. The fraction of sp³-hybridized carbons (Fsp3) is 0.529. The molecule has 0 aliphatic carbocycles. The summed E-state index contributed by atoms with van der Waals surface area (Å²) in [7, 11) is -3.50. The molecule has 0 unspecified atom stereocenters. The van der Waals surface area contributed by atoms with Crippen molar-refractivity contribution in [2.75, 3.05) is 25.4 Å². The van der Waals surface area contributed by atoms with Crippen LogP contribution in [0.25, 0.3) is 0 Å². The zero-order chi connectivity index (χ0) is 19.8. The Balaban J connectivity index is 0.00000134. The first-order chi connectivity index (χ1) is 11.8. The van der Waals surface area contributed by atoms with Crippen LogP contribution in [0.4, 0.5) is 0 Å². The molecule has 0 aromatic carbocycles. The predicted molar refractivity (Wildman–Crippen MR) is 100 cm³/mol. The molecule has 0 bridgehead atoms. The molecule has 0 saturated carbocycles. The van der Waals surface area contributed by atoms with Crippen LogP contribution in [0.3, 0.4) is 0 Å². The predicted octanol–water partition coefficient (Wildman–Crippen LogP) is 1.05. The smallest absolute Gasteiger partial charge is 0.261 e. The van der Waals surface area contributed by atoms with Gasteiger partial charge in [-0.25, -0.2) is 8.42 Å². The third-order valence-corrected chi connectivity index (χ3v) is 5.28. The van der Waals surface area contributed by atoms with Gasteiger partial charge in [-0.2, -0.15) is 4.31 Å². The SMILES string of the molecule is C=CC1=C(C=C)C(=O)N(CCS(=O)(=O)N2CC(N)C2)C1=O.CC.CC. The summed E-state index contributed by atoms with van der Waals surface area (Å²) in [5.41, 5.74) is 5.85. The Bertz CT molecular complexity index is 617. The maximum atomic E-state index is 12.0. The Labute approximate surface area is 150 Å². The van der Waals surface area contributed by atoms with Crippen molar-refractivity contribution in [3.63, 3.8) is 0 Å². The number of hydrogen-bond donors (Lipinski definition) is 1. The van der Waals surface area contributed by atoms with Crippen LogP contribution < -0.4 is 5.73 Å². The molecule has 2 aliphatic heterocycles. The second kappa shape index (κ2) is 10.3. The van der Waals surface area contributed by atoms with Crippen LogP contribution >= 0.6 is 0 Å². The number of amides is 2. The van der Waals surface area contributed by atoms with Gasteiger partial charge in [0, 0.05) is 25.7 Å². The minimum Gasteiger partial charge on any atom is -0.325 e. The molecule has 1 fully saturated rings. The highest BCUT2D eigenvalue weighted by Gasteiger charge is 2.38. The summed E-state index contributed by atoms with van der Waals surface area (Å²) in [6, 6.07) is -0.142. The van der Waals surface area contributed by atoms with Crippen molar-refractivity contribution < 1.29 is 18.0 Å². The second-order valence-electron chi connectivity index (χ2n) is 4.89. The maximum absolute atomic E-state index is 12.0. The van der Waals surface area contributed by atoms with Crippen molar-refractivity contribution >= 4 is 21.8 Å². The first-order valence-electron chi connectivity index (χ1n) is 8.40. The number of sulfonamides is 1. The lowest BCUT2D eigenvalue weighted by atomic mass is 10.1. The van der Waals surface area contributed by atoms with Crippen molar-refractivity contribution in [3.05, 3.63) is 36.5 Å². The molecule has 2 heterocycles. The van der Waals surface area contributed by atoms with Gasteiger partial charge in [0.1, 0.15) is 0 Å². The van der Waals surface area contributed by atoms with Crippen LogP contribution in [0.5, 0.6) is 0 Å². The van der Waals surface area contributed by atoms with Crippen LogP contribution in [0, 0.1) is 0 Å². The number of nitrogens with zero attached hydrogens (tertiary/aromatic N) is 2. The second-order valence-corrected chi connectivity index (χ2v) is 6.98. The van der Waals surface area contributed by atoms with Gasteiger partial charge in [-0.05, 0) is 0 Å². The number of carbonyl (C=O) groups is 2. The Morgan fingerprint density at radius 3 is 1.76 bits per heavy atom. The van der Waals surface area contributed by atoms with Gasteiger partial charge in [0.15, 0.2) is 0 Å². The quantitative estimate of drug-likeness (QED) is 0.703. The van der Waals surface area contributed by atoms with E-state index in [0.717, 1.165) is 4.90 Å². The molecule has 2 aliphatic rings. The number of rotatable bonds is 6. The molecule has 2 amide bonds. The molecule has 1 saturated heterocycles. The average molecular weight is 372 g/mol. The van der Waals surface area contributed by atoms with Crippen LogP contribution in [0.2, 0.25) is 0 Å². The summed E-state index contributed by atoms with van der Waals surface area (Å²) in [6.07, 6.45) is 2.56. The van der Waals surface area contributed by atoms with E-state index in [1.807, 2.05) is 27.7 Å². The Kier molecular flexibility index (Phi) is 9.55. The van der Waals surface area contributed by atoms with Crippen LogP contribution in [0.15, 0.2) is 36.5 Å². The van der Waals surface area contributed by atoms with Crippen molar-refractivity contribution in [2.24, 2.45) is 5.73 Å². The summed E-state index contributed by atoms with van der Waals surface area (Å²) < 4.78 is 25.2. The lowest BCUT2D eigenvalue weighted by Gasteiger charge is -2.35. The van der Waals surface area contributed by atoms with Crippen LogP contribution in [-0.2, 0) is 19.6 Å². The molecule has 0 spiro atoms. The van der Waals surface area contributed by atoms with Gasteiger partial charge in [0.25, 0.3) is 11.8 Å². The molecule has 7 nitrogen and oxygen atoms in total. The standard InChI is InChI=1S/C13H17N3O4S.2C2H6/c1-3-10-11(4-2)13(18)16(12(10)17)5-6-21(19,20)15-7-9(14)8-15;2*1-2/h3-4,9H,1-2,5-8,14H2;2*1-2H3. The molecule has 0 aromatic rings. The average Bonchev–Trinajstić information content (AvgIpc) is 2.83. The van der Waals surface area contributed by atoms with Crippen molar-refractivity contribution in [1.82, 2.24) is 9.21 Å². The highest BCUT2D eigenvalue weighted by molar-refractivity contribution is 7.89. The highest BCUT2D eigenvalue weighted by Crippen LogP contribution is 2.22. The van der Waals surface area contributed by atoms with Gasteiger partial charge in [0.2, 0.25) is 10.0 Å². The highest BCUT2D eigenvalue weighted by atomic mass is 32.2. The monoisotopic (exact) mass is 371 g/mol. The fourth-order valence-electron chi connectivity index (χ4n) is 2.24. The summed E-state index contributed by atoms with van der Waals surface area (Å²) in [5.74, 6) is -1.40. The lowest BCUT2D eigenvalue weighted by Crippen LogP contribution is -2.58. The van der Waals surface area contributed by atoms with Crippen LogP contribution in [-0.4, -0.2) is 60.9 Å². The number of imide groups is 1. The normalized spacial score (nSPS) is 18.0. The van der Waals surface area contributed by atoms with Crippen molar-refractivity contribution in [2.45, 2.75) is 33.7 Å². The van der Waals surface area contributed by atoms with Crippen molar-refractivity contribution in [3.8, 4) is 0 Å². The van der Waals surface area contributed by atoms with Gasteiger partial charge in [0.05, 0.1) is 16.9 Å². The summed E-state index contributed by atoms with van der Waals surface area (Å²) in [5, 5.41) is 0. The van der Waals surface area contributed by atoms with Gasteiger partial charge in [-0.3, -0.25) is 14.5 Å². The lowest BCUT2D eigenvalue weighted by molar-refractivity contribution is -0.137. The third-order valence-electron chi connectivity index (χ3n) is 3.49. The van der Waals surface area contributed by atoms with Gasteiger partial charge in [-0.1, -0.05) is 53.0 Å². The minimum atomic E-state index is -3.50. The summed E-state index contributed by atoms with van der Waals surface area (Å²) in [4.78, 5) is 25.0. The van der Waals surface area contributed by atoms with E-state index in [-0.39, 0.29) is 42.6 Å². The van der Waals surface area contributed by atoms with Gasteiger partial charge >= 0.3 is 0 Å². The molecule has 2 rings (SSSR count). The van der Waals surface area contributed by atoms with Crippen molar-refractivity contribution in [1.29, 1.82) is 0 Å². The molecule has 2 N–H and O–H groups in total. The molecular formula is C17H29N3O4S. The summed E-state index contributed by atoms with van der Waals surface area (Å²) in [6.45, 7) is 15.3. The number of carbonyl (C=O) groups excluding carboxylic acids is 2. The maximum Gasteiger partial charge on any atom is 0.261 e. The molecule has 0 radical (unpaired) electrons. The number of hydrogen-bond acceptors (Lipinski definition) is 5. The minimum absolute atomic E-state index is 0.142. The van der Waals surface area contributed by atoms with Crippen LogP contribution in [0.1, 0.15) is 27.7 Å². The Morgan fingerprint density at radius 1 is 1.04 bits per heavy atom. The van der Waals surface area contributed by atoms with E-state index < -0.39 is 21.8 Å². The van der Waals surface area contributed by atoms with E-state index in [1.165, 1.54) is 16.5 Å². The zero-order valence-electron chi connectivity index (χ0n) is 15.5. The Hall–Kier alpha value is -1.77. The fourth-order valence-corrected chi connectivity index (χ4v) is 3.75. The topological polar surface area (TPSA) is 101 Å². The zero-order valence-corrected chi connectivity index (χ0v) is 16.3. The van der Waals surface area contributed by atoms with E-state index >= 15 is 0 Å². The van der Waals surface area contributed by atoms with Gasteiger partial charge < -0.3 is 5.73 Å². The first kappa shape index (κ1) is 23.2. The Morgan fingerprint density at radius 2 is 1.44 bits per heavy atom. The van der Waals surface area contributed by atoms with E-state index in [4.69, 9.17) is 5.73 Å². The summed E-state index contributed by atoms with van der Waals surface area (Å²) >= 11 is 0. The van der Waals surface area contributed by atoms with E-state index in [0.29, 0.717) is 0 Å². The molecule has 142 valence electrons. The number of nitrogens with two attached hydrogens (primary N) is 1. The molecule has 8 heteroatoms. The van der Waals surface area contributed by atoms with E-state index in [9.17, 15) is 18.0 Å². The van der Waals surface area contributed by atoms with E-state index in [1.54, 1.807) is 0 Å². The molecule has 0 aromatic heterocycles.